The van der Waals surface area contributed by atoms with Crippen molar-refractivity contribution in [2.24, 2.45) is 0 Å². The van der Waals surface area contributed by atoms with E-state index in [9.17, 15) is 14.4 Å². The fraction of sp³-hybridized carbons (Fsp3) is 0.238. The topological polar surface area (TPSA) is 110 Å². The molecule has 0 bridgehead atoms. The molecule has 0 aliphatic carbocycles. The van der Waals surface area contributed by atoms with Gasteiger partial charge in [0, 0.05) is 23.9 Å². The van der Waals surface area contributed by atoms with Crippen LogP contribution in [0.1, 0.15) is 21.5 Å². The summed E-state index contributed by atoms with van der Waals surface area (Å²) in [6, 6.07) is 6.23. The molecule has 0 unspecified atom stereocenters. The van der Waals surface area contributed by atoms with Crippen LogP contribution in [0, 0.1) is 11.8 Å². The number of nitrogens with one attached hydrogen (secondary N) is 2. The number of ether oxygens (including phenoxy) is 2. The molecule has 4 amide bonds. The summed E-state index contributed by atoms with van der Waals surface area (Å²) in [5.74, 6) is 5.89. The third-order valence-corrected chi connectivity index (χ3v) is 4.93. The maximum atomic E-state index is 12.9. The van der Waals surface area contributed by atoms with E-state index in [4.69, 9.17) is 9.47 Å². The van der Waals surface area contributed by atoms with Crippen LogP contribution in [0.3, 0.4) is 0 Å². The molecule has 1 saturated heterocycles. The molecule has 0 spiro atoms. The normalized spacial score (nSPS) is 19.5. The highest BCUT2D eigenvalue weighted by atomic mass is 16.5. The molecule has 4 rings (SSSR count). The van der Waals surface area contributed by atoms with E-state index in [2.05, 4.69) is 27.5 Å². The van der Waals surface area contributed by atoms with Gasteiger partial charge in [-0.1, -0.05) is 17.9 Å². The molecule has 1 aromatic carbocycles. The molecule has 0 radical (unpaired) electrons. The summed E-state index contributed by atoms with van der Waals surface area (Å²) in [5.41, 5.74) is 0.232. The Bertz CT molecular complexity index is 1120. The van der Waals surface area contributed by atoms with Gasteiger partial charge in [0.05, 0.1) is 27.0 Å². The number of methoxy groups -OCH3 is 2. The SMILES string of the molecule is COc1cncc(C#C[C@]2(CN3Cc4ccc(OC)cc4C3=O)NC(=O)NC2=O)c1. The van der Waals surface area contributed by atoms with Gasteiger partial charge in [0.15, 0.2) is 0 Å². The number of pyridine rings is 1. The Labute approximate surface area is 172 Å². The van der Waals surface area contributed by atoms with Crippen molar-refractivity contribution in [3.8, 4) is 23.3 Å². The number of imide groups is 1. The number of nitrogens with zero attached hydrogens (tertiary/aromatic N) is 2. The smallest absolute Gasteiger partial charge is 0.323 e. The molecule has 1 aromatic heterocycles. The molecule has 1 atom stereocenters. The number of hydrogen-bond donors (Lipinski definition) is 2. The molecule has 30 heavy (non-hydrogen) atoms. The third kappa shape index (κ3) is 3.39. The van der Waals surface area contributed by atoms with Crippen molar-refractivity contribution in [1.29, 1.82) is 0 Å². The summed E-state index contributed by atoms with van der Waals surface area (Å²) >= 11 is 0. The summed E-state index contributed by atoms with van der Waals surface area (Å²) in [6.45, 7) is 0.191. The van der Waals surface area contributed by atoms with Crippen molar-refractivity contribution in [1.82, 2.24) is 20.5 Å². The average molecular weight is 406 g/mol. The fourth-order valence-electron chi connectivity index (χ4n) is 3.39. The fourth-order valence-corrected chi connectivity index (χ4v) is 3.39. The van der Waals surface area contributed by atoms with Gasteiger partial charge in [-0.15, -0.1) is 0 Å². The summed E-state index contributed by atoms with van der Waals surface area (Å²) < 4.78 is 10.3. The van der Waals surface area contributed by atoms with Crippen molar-refractivity contribution < 1.29 is 23.9 Å². The number of aromatic nitrogens is 1. The highest BCUT2D eigenvalue weighted by molar-refractivity contribution is 6.10. The number of carbonyl (C=O) groups excluding carboxylic acids is 3. The van der Waals surface area contributed by atoms with E-state index in [1.54, 1.807) is 24.3 Å². The van der Waals surface area contributed by atoms with Gasteiger partial charge in [0.2, 0.25) is 5.54 Å². The second kappa shape index (κ2) is 7.40. The maximum Gasteiger partial charge on any atom is 0.323 e. The molecule has 9 heteroatoms. The van der Waals surface area contributed by atoms with E-state index in [-0.39, 0.29) is 12.5 Å². The van der Waals surface area contributed by atoms with Crippen molar-refractivity contribution >= 4 is 17.8 Å². The van der Waals surface area contributed by atoms with E-state index < -0.39 is 17.5 Å². The van der Waals surface area contributed by atoms with E-state index in [0.717, 1.165) is 5.56 Å². The van der Waals surface area contributed by atoms with Crippen LogP contribution < -0.4 is 20.1 Å². The van der Waals surface area contributed by atoms with Gasteiger partial charge in [-0.25, -0.2) is 4.79 Å². The number of benzene rings is 1. The van der Waals surface area contributed by atoms with Crippen LogP contribution in [0.5, 0.6) is 11.5 Å². The molecule has 2 N–H and O–H groups in total. The predicted molar refractivity (Wildman–Crippen MR) is 105 cm³/mol. The largest absolute Gasteiger partial charge is 0.497 e. The summed E-state index contributed by atoms with van der Waals surface area (Å²) in [7, 11) is 3.03. The van der Waals surface area contributed by atoms with E-state index in [1.165, 1.54) is 31.5 Å². The lowest BCUT2D eigenvalue weighted by Crippen LogP contribution is -2.54. The van der Waals surface area contributed by atoms with Crippen LogP contribution in [-0.2, 0) is 11.3 Å². The zero-order chi connectivity index (χ0) is 21.3. The lowest BCUT2D eigenvalue weighted by molar-refractivity contribution is -0.122. The van der Waals surface area contributed by atoms with Crippen LogP contribution >= 0.6 is 0 Å². The van der Waals surface area contributed by atoms with Crippen LogP contribution in [-0.4, -0.2) is 54.0 Å². The Kier molecular flexibility index (Phi) is 4.75. The minimum atomic E-state index is -1.58. The van der Waals surface area contributed by atoms with Gasteiger partial charge in [-0.3, -0.25) is 19.9 Å². The van der Waals surface area contributed by atoms with Crippen molar-refractivity contribution in [2.75, 3.05) is 20.8 Å². The van der Waals surface area contributed by atoms with E-state index in [0.29, 0.717) is 29.2 Å². The summed E-state index contributed by atoms with van der Waals surface area (Å²) in [6.07, 6.45) is 3.04. The van der Waals surface area contributed by atoms with Gasteiger partial charge in [0.1, 0.15) is 11.5 Å². The Hall–Kier alpha value is -4.06. The highest BCUT2D eigenvalue weighted by Gasteiger charge is 2.48. The quantitative estimate of drug-likeness (QED) is 0.571. The Morgan fingerprint density at radius 2 is 1.93 bits per heavy atom. The van der Waals surface area contributed by atoms with Crippen molar-refractivity contribution in [2.45, 2.75) is 12.1 Å². The molecule has 9 nitrogen and oxygen atoms in total. The molecule has 2 aromatic rings. The van der Waals surface area contributed by atoms with Crippen LogP contribution in [0.25, 0.3) is 0 Å². The first-order valence-electron chi connectivity index (χ1n) is 9.06. The van der Waals surface area contributed by atoms with Crippen LogP contribution in [0.4, 0.5) is 4.79 Å². The van der Waals surface area contributed by atoms with Crippen molar-refractivity contribution in [3.63, 3.8) is 0 Å². The van der Waals surface area contributed by atoms with Gasteiger partial charge in [-0.05, 0) is 23.8 Å². The summed E-state index contributed by atoms with van der Waals surface area (Å²) in [5, 5.41) is 4.77. The van der Waals surface area contributed by atoms with Crippen molar-refractivity contribution in [3.05, 3.63) is 53.3 Å². The minimum absolute atomic E-state index is 0.106. The number of carbonyl (C=O) groups is 3. The van der Waals surface area contributed by atoms with Gasteiger partial charge < -0.3 is 19.7 Å². The van der Waals surface area contributed by atoms with E-state index >= 15 is 0 Å². The van der Waals surface area contributed by atoms with Gasteiger partial charge in [-0.2, -0.15) is 0 Å². The van der Waals surface area contributed by atoms with Gasteiger partial charge in [0.25, 0.3) is 11.8 Å². The van der Waals surface area contributed by atoms with Crippen LogP contribution in [0.2, 0.25) is 0 Å². The maximum absolute atomic E-state index is 12.9. The first kappa shape index (κ1) is 19.3. The monoisotopic (exact) mass is 406 g/mol. The minimum Gasteiger partial charge on any atom is -0.497 e. The molecule has 152 valence electrons. The summed E-state index contributed by atoms with van der Waals surface area (Å²) in [4.78, 5) is 42.9. The second-order valence-corrected chi connectivity index (χ2v) is 6.86. The molecule has 3 heterocycles. The van der Waals surface area contributed by atoms with Gasteiger partial charge >= 0.3 is 6.03 Å². The lowest BCUT2D eigenvalue weighted by atomic mass is 9.99. The number of urea groups is 1. The number of hydrogen-bond acceptors (Lipinski definition) is 6. The zero-order valence-corrected chi connectivity index (χ0v) is 16.3. The number of fused-ring (bicyclic) bond motifs is 1. The number of rotatable bonds is 4. The molecule has 0 saturated carbocycles. The standard InChI is InChI=1S/C21H18N4O5/c1-29-15-4-3-14-11-25(18(26)17(14)8-15)12-21(19(27)23-20(28)24-21)6-5-13-7-16(30-2)10-22-9-13/h3-4,7-10H,11-12H2,1-2H3,(H2,23,24,27,28)/t21-/m1/s1. The molecule has 2 aliphatic heterocycles. The third-order valence-electron chi connectivity index (χ3n) is 4.93. The number of amides is 4. The Morgan fingerprint density at radius 3 is 2.63 bits per heavy atom. The second-order valence-electron chi connectivity index (χ2n) is 6.86. The Balaban J connectivity index is 1.65. The molecular weight excluding hydrogens is 388 g/mol. The van der Waals surface area contributed by atoms with Crippen LogP contribution in [0.15, 0.2) is 36.7 Å². The Morgan fingerprint density at radius 1 is 1.13 bits per heavy atom. The lowest BCUT2D eigenvalue weighted by Gasteiger charge is -2.26. The van der Waals surface area contributed by atoms with E-state index in [1.807, 2.05) is 0 Å². The first-order chi connectivity index (χ1) is 14.4. The highest BCUT2D eigenvalue weighted by Crippen LogP contribution is 2.28. The molecular formula is C21H18N4O5. The zero-order valence-electron chi connectivity index (χ0n) is 16.3. The predicted octanol–water partition coefficient (Wildman–Crippen LogP) is 0.684. The average Bonchev–Trinajstić information content (AvgIpc) is 3.21. The molecule has 2 aliphatic rings. The molecule has 1 fully saturated rings. The first-order valence-corrected chi connectivity index (χ1v) is 9.06.